The molecule has 2 N–H and O–H groups in total. The van der Waals surface area contributed by atoms with Crippen molar-refractivity contribution < 1.29 is 4.42 Å². The Bertz CT molecular complexity index is 449. The molecule has 2 aromatic heterocycles. The zero-order chi connectivity index (χ0) is 10.8. The van der Waals surface area contributed by atoms with Crippen LogP contribution >= 0.6 is 11.5 Å². The van der Waals surface area contributed by atoms with Gasteiger partial charge < -0.3 is 10.2 Å². The highest BCUT2D eigenvalue weighted by molar-refractivity contribution is 7.09. The Morgan fingerprint density at radius 2 is 2.20 bits per heavy atom. The van der Waals surface area contributed by atoms with Crippen LogP contribution in [0.4, 0.5) is 0 Å². The van der Waals surface area contributed by atoms with Crippen molar-refractivity contribution in [3.8, 4) is 10.8 Å². The Kier molecular flexibility index (Phi) is 2.74. The summed E-state index contributed by atoms with van der Waals surface area (Å²) in [6.07, 6.45) is 0.793. The SMILES string of the molecule is CCc1nnsc1-c1nnc(C(C)N)o1. The zero-order valence-corrected chi connectivity index (χ0v) is 9.28. The van der Waals surface area contributed by atoms with Crippen LogP contribution in [0.3, 0.4) is 0 Å². The summed E-state index contributed by atoms with van der Waals surface area (Å²) < 4.78 is 9.27. The van der Waals surface area contributed by atoms with Gasteiger partial charge in [-0.2, -0.15) is 0 Å². The van der Waals surface area contributed by atoms with E-state index in [1.165, 1.54) is 11.5 Å². The summed E-state index contributed by atoms with van der Waals surface area (Å²) in [5, 5.41) is 11.8. The Morgan fingerprint density at radius 3 is 2.80 bits per heavy atom. The van der Waals surface area contributed by atoms with Crippen LogP contribution in [0.1, 0.15) is 31.5 Å². The average molecular weight is 225 g/mol. The second-order valence-corrected chi connectivity index (χ2v) is 3.89. The average Bonchev–Trinajstić information content (AvgIpc) is 2.85. The summed E-state index contributed by atoms with van der Waals surface area (Å²) in [7, 11) is 0. The van der Waals surface area contributed by atoms with Gasteiger partial charge in [0.1, 0.15) is 4.88 Å². The van der Waals surface area contributed by atoms with E-state index in [1.54, 1.807) is 6.92 Å². The van der Waals surface area contributed by atoms with Gasteiger partial charge >= 0.3 is 0 Å². The highest BCUT2D eigenvalue weighted by Gasteiger charge is 2.17. The van der Waals surface area contributed by atoms with E-state index in [-0.39, 0.29) is 6.04 Å². The lowest BCUT2D eigenvalue weighted by Gasteiger charge is -1.94. The molecule has 0 spiro atoms. The van der Waals surface area contributed by atoms with E-state index in [2.05, 4.69) is 19.8 Å². The Labute approximate surface area is 90.7 Å². The van der Waals surface area contributed by atoms with Gasteiger partial charge in [0.15, 0.2) is 0 Å². The van der Waals surface area contributed by atoms with Crippen LogP contribution in [0.25, 0.3) is 10.8 Å². The molecular formula is C8H11N5OS. The highest BCUT2D eigenvalue weighted by Crippen LogP contribution is 2.25. The fourth-order valence-electron chi connectivity index (χ4n) is 1.11. The molecule has 0 saturated heterocycles. The van der Waals surface area contributed by atoms with Gasteiger partial charge in [0.05, 0.1) is 11.7 Å². The molecule has 2 aromatic rings. The van der Waals surface area contributed by atoms with Crippen LogP contribution < -0.4 is 5.73 Å². The minimum atomic E-state index is -0.253. The molecule has 0 aliphatic carbocycles. The molecular weight excluding hydrogens is 214 g/mol. The van der Waals surface area contributed by atoms with E-state index < -0.39 is 0 Å². The van der Waals surface area contributed by atoms with Gasteiger partial charge in [0.25, 0.3) is 5.89 Å². The van der Waals surface area contributed by atoms with Crippen molar-refractivity contribution in [2.75, 3.05) is 0 Å². The Balaban J connectivity index is 2.37. The molecule has 0 aromatic carbocycles. The minimum absolute atomic E-state index is 0.253. The first kappa shape index (κ1) is 10.2. The van der Waals surface area contributed by atoms with Crippen molar-refractivity contribution in [2.24, 2.45) is 5.73 Å². The summed E-state index contributed by atoms with van der Waals surface area (Å²) in [6, 6.07) is -0.253. The largest absolute Gasteiger partial charge is 0.418 e. The number of rotatable bonds is 3. The molecule has 2 rings (SSSR count). The van der Waals surface area contributed by atoms with Crippen LogP contribution in [0.5, 0.6) is 0 Å². The van der Waals surface area contributed by atoms with Gasteiger partial charge in [0, 0.05) is 0 Å². The molecule has 80 valence electrons. The van der Waals surface area contributed by atoms with Crippen molar-refractivity contribution in [1.82, 2.24) is 19.8 Å². The molecule has 0 aliphatic rings. The maximum atomic E-state index is 5.63. The summed E-state index contributed by atoms with van der Waals surface area (Å²) >= 11 is 1.25. The maximum Gasteiger partial charge on any atom is 0.261 e. The lowest BCUT2D eigenvalue weighted by Crippen LogP contribution is -2.04. The van der Waals surface area contributed by atoms with Crippen LogP contribution in [0.15, 0.2) is 4.42 Å². The molecule has 2 heterocycles. The number of hydrogen-bond acceptors (Lipinski definition) is 7. The Hall–Kier alpha value is -1.34. The van der Waals surface area contributed by atoms with E-state index in [9.17, 15) is 0 Å². The molecule has 6 nitrogen and oxygen atoms in total. The minimum Gasteiger partial charge on any atom is -0.418 e. The molecule has 0 bridgehead atoms. The van der Waals surface area contributed by atoms with Crippen molar-refractivity contribution in [3.63, 3.8) is 0 Å². The third-order valence-corrected chi connectivity index (χ3v) is 2.67. The molecule has 1 atom stereocenters. The van der Waals surface area contributed by atoms with Crippen molar-refractivity contribution >= 4 is 11.5 Å². The number of hydrogen-bond donors (Lipinski definition) is 1. The summed E-state index contributed by atoms with van der Waals surface area (Å²) in [6.45, 7) is 3.80. The fraction of sp³-hybridized carbons (Fsp3) is 0.500. The van der Waals surface area contributed by atoms with Crippen molar-refractivity contribution in [3.05, 3.63) is 11.6 Å². The second kappa shape index (κ2) is 4.03. The zero-order valence-electron chi connectivity index (χ0n) is 8.47. The predicted octanol–water partition coefficient (Wildman–Crippen LogP) is 1.17. The molecule has 0 aliphatic heterocycles. The van der Waals surface area contributed by atoms with E-state index in [0.29, 0.717) is 11.8 Å². The molecule has 0 fully saturated rings. The number of aromatic nitrogens is 4. The van der Waals surface area contributed by atoms with Crippen LogP contribution in [0, 0.1) is 0 Å². The number of aryl methyl sites for hydroxylation is 1. The third-order valence-electron chi connectivity index (χ3n) is 1.92. The molecule has 0 saturated carbocycles. The molecule has 0 amide bonds. The van der Waals surface area contributed by atoms with E-state index in [1.807, 2.05) is 6.92 Å². The van der Waals surface area contributed by atoms with Gasteiger partial charge in [-0.25, -0.2) is 0 Å². The summed E-state index contributed by atoms with van der Waals surface area (Å²) in [4.78, 5) is 0.830. The molecule has 1 unspecified atom stereocenters. The first-order valence-corrected chi connectivity index (χ1v) is 5.40. The quantitative estimate of drug-likeness (QED) is 0.843. The van der Waals surface area contributed by atoms with Crippen LogP contribution in [-0.2, 0) is 6.42 Å². The standard InChI is InChI=1S/C8H11N5OS/c1-3-5-6(15-13-10-5)8-12-11-7(14-8)4(2)9/h4H,3,9H2,1-2H3. The van der Waals surface area contributed by atoms with E-state index >= 15 is 0 Å². The highest BCUT2D eigenvalue weighted by atomic mass is 32.1. The van der Waals surface area contributed by atoms with Crippen LogP contribution in [-0.4, -0.2) is 19.8 Å². The first-order valence-electron chi connectivity index (χ1n) is 4.63. The monoisotopic (exact) mass is 225 g/mol. The second-order valence-electron chi connectivity index (χ2n) is 3.14. The number of nitrogens with two attached hydrogens (primary N) is 1. The maximum absolute atomic E-state index is 5.63. The smallest absolute Gasteiger partial charge is 0.261 e. The first-order chi connectivity index (χ1) is 7.22. The molecule has 0 radical (unpaired) electrons. The van der Waals surface area contributed by atoms with E-state index in [4.69, 9.17) is 10.2 Å². The number of nitrogens with zero attached hydrogens (tertiary/aromatic N) is 4. The summed E-state index contributed by atoms with van der Waals surface area (Å²) in [5.74, 6) is 0.884. The topological polar surface area (TPSA) is 90.7 Å². The van der Waals surface area contributed by atoms with Gasteiger partial charge in [-0.3, -0.25) is 0 Å². The van der Waals surface area contributed by atoms with Gasteiger partial charge in [-0.15, -0.1) is 15.3 Å². The lowest BCUT2D eigenvalue weighted by atomic mass is 10.3. The van der Waals surface area contributed by atoms with Gasteiger partial charge in [-0.05, 0) is 24.9 Å². The molecule has 7 heteroatoms. The predicted molar refractivity (Wildman–Crippen MR) is 55.2 cm³/mol. The van der Waals surface area contributed by atoms with Gasteiger partial charge in [-0.1, -0.05) is 11.4 Å². The van der Waals surface area contributed by atoms with Gasteiger partial charge in [0.2, 0.25) is 5.89 Å². The normalized spacial score (nSPS) is 13.0. The summed E-state index contributed by atoms with van der Waals surface area (Å²) in [5.41, 5.74) is 6.50. The van der Waals surface area contributed by atoms with Crippen molar-refractivity contribution in [2.45, 2.75) is 26.3 Å². The van der Waals surface area contributed by atoms with E-state index in [0.717, 1.165) is 17.0 Å². The fourth-order valence-corrected chi connectivity index (χ4v) is 1.78. The lowest BCUT2D eigenvalue weighted by molar-refractivity contribution is 0.474. The molecule has 15 heavy (non-hydrogen) atoms. The van der Waals surface area contributed by atoms with Crippen LogP contribution in [0.2, 0.25) is 0 Å². The van der Waals surface area contributed by atoms with Crippen molar-refractivity contribution in [1.29, 1.82) is 0 Å². The Morgan fingerprint density at radius 1 is 1.40 bits per heavy atom. The third kappa shape index (κ3) is 1.88.